The Morgan fingerprint density at radius 1 is 1.00 bits per heavy atom. The maximum absolute atomic E-state index is 11.7. The molecule has 4 nitrogen and oxygen atoms in total. The van der Waals surface area contributed by atoms with Crippen molar-refractivity contribution in [3.05, 3.63) is 29.8 Å². The lowest BCUT2D eigenvalue weighted by molar-refractivity contribution is 0.163. The fourth-order valence-electron chi connectivity index (χ4n) is 2.67. The average Bonchev–Trinajstić information content (AvgIpc) is 2.59. The van der Waals surface area contributed by atoms with E-state index in [1.54, 1.807) is 19.1 Å². The molecule has 4 heteroatoms. The van der Waals surface area contributed by atoms with E-state index in [-0.39, 0.29) is 6.61 Å². The lowest BCUT2D eigenvalue weighted by Crippen LogP contribution is -2.26. The third-order valence-corrected chi connectivity index (χ3v) is 4.06. The van der Waals surface area contributed by atoms with Gasteiger partial charge in [0.15, 0.2) is 6.19 Å². The molecule has 0 bridgehead atoms. The van der Waals surface area contributed by atoms with Gasteiger partial charge in [0.05, 0.1) is 12.3 Å². The number of carbonyl (C=O) groups excluding carboxylic acids is 1. The van der Waals surface area contributed by atoms with Crippen LogP contribution in [-0.4, -0.2) is 12.7 Å². The van der Waals surface area contributed by atoms with Crippen LogP contribution in [0.1, 0.15) is 70.8 Å². The molecule has 0 fully saturated rings. The summed E-state index contributed by atoms with van der Waals surface area (Å²) in [5.74, 6) is 0. The molecule has 0 heterocycles. The lowest BCUT2D eigenvalue weighted by atomic mass is 10.0. The Kier molecular flexibility index (Phi) is 10.4. The first-order valence-electron chi connectivity index (χ1n) is 9.18. The molecule has 1 rings (SSSR count). The zero-order valence-electron chi connectivity index (χ0n) is 15.1. The first-order valence-corrected chi connectivity index (χ1v) is 9.18. The van der Waals surface area contributed by atoms with Gasteiger partial charge >= 0.3 is 6.09 Å². The van der Waals surface area contributed by atoms with Crippen molar-refractivity contribution in [1.82, 2.24) is 0 Å². The predicted molar refractivity (Wildman–Crippen MR) is 97.9 cm³/mol. The molecule has 0 atom stereocenters. The molecule has 0 aliphatic carbocycles. The van der Waals surface area contributed by atoms with Crippen molar-refractivity contribution >= 4 is 11.8 Å². The molecule has 1 aromatic rings. The number of hydrogen-bond donors (Lipinski definition) is 0. The standard InChI is InChI=1S/C20H30N2O2/c1-3-5-6-7-8-9-10-11-12-18-13-15-19(16-14-18)22(17-21)20(23)24-4-2/h13-16H,3-12H2,1-2H3. The van der Waals surface area contributed by atoms with Crippen LogP contribution in [0.2, 0.25) is 0 Å². The summed E-state index contributed by atoms with van der Waals surface area (Å²) >= 11 is 0. The van der Waals surface area contributed by atoms with Gasteiger partial charge in [-0.05, 0) is 37.5 Å². The number of rotatable bonds is 11. The van der Waals surface area contributed by atoms with Gasteiger partial charge in [0, 0.05) is 0 Å². The van der Waals surface area contributed by atoms with E-state index in [1.807, 2.05) is 18.3 Å². The number of hydrogen-bond acceptors (Lipinski definition) is 3. The number of benzene rings is 1. The highest BCUT2D eigenvalue weighted by molar-refractivity contribution is 5.90. The largest absolute Gasteiger partial charge is 0.449 e. The zero-order chi connectivity index (χ0) is 17.6. The second-order valence-corrected chi connectivity index (χ2v) is 6.03. The van der Waals surface area contributed by atoms with Crippen LogP contribution in [-0.2, 0) is 11.2 Å². The van der Waals surface area contributed by atoms with Crippen LogP contribution in [0.5, 0.6) is 0 Å². The van der Waals surface area contributed by atoms with Crippen molar-refractivity contribution in [3.8, 4) is 6.19 Å². The van der Waals surface area contributed by atoms with Gasteiger partial charge in [-0.2, -0.15) is 10.2 Å². The number of nitrogens with zero attached hydrogens (tertiary/aromatic N) is 2. The first-order chi connectivity index (χ1) is 11.7. The summed E-state index contributed by atoms with van der Waals surface area (Å²) in [6.45, 7) is 4.22. The third kappa shape index (κ3) is 7.50. The Bertz CT molecular complexity index is 505. The van der Waals surface area contributed by atoms with Crippen LogP contribution in [0.3, 0.4) is 0 Å². The number of unbranched alkanes of at least 4 members (excludes halogenated alkanes) is 7. The minimum atomic E-state index is -0.629. The van der Waals surface area contributed by atoms with Gasteiger partial charge in [0.1, 0.15) is 0 Å². The number of carbonyl (C=O) groups is 1. The van der Waals surface area contributed by atoms with Gasteiger partial charge < -0.3 is 4.74 Å². The fraction of sp³-hybridized carbons (Fsp3) is 0.600. The zero-order valence-corrected chi connectivity index (χ0v) is 15.1. The molecule has 0 aliphatic rings. The first kappa shape index (κ1) is 20.0. The van der Waals surface area contributed by atoms with E-state index in [0.717, 1.165) is 11.3 Å². The van der Waals surface area contributed by atoms with Gasteiger partial charge in [0.2, 0.25) is 0 Å². The maximum atomic E-state index is 11.7. The van der Waals surface area contributed by atoms with Crippen molar-refractivity contribution in [2.24, 2.45) is 0 Å². The highest BCUT2D eigenvalue weighted by atomic mass is 16.6. The molecule has 0 aromatic heterocycles. The van der Waals surface area contributed by atoms with E-state index >= 15 is 0 Å². The fourth-order valence-corrected chi connectivity index (χ4v) is 2.67. The Morgan fingerprint density at radius 3 is 2.12 bits per heavy atom. The predicted octanol–water partition coefficient (Wildman–Crippen LogP) is 5.81. The van der Waals surface area contributed by atoms with Crippen LogP contribution in [0, 0.1) is 11.5 Å². The van der Waals surface area contributed by atoms with Gasteiger partial charge in [-0.15, -0.1) is 0 Å². The van der Waals surface area contributed by atoms with Crippen LogP contribution in [0.25, 0.3) is 0 Å². The number of aryl methyl sites for hydroxylation is 1. The van der Waals surface area contributed by atoms with Crippen molar-refractivity contribution in [1.29, 1.82) is 5.26 Å². The molecular formula is C20H30N2O2. The summed E-state index contributed by atoms with van der Waals surface area (Å²) in [7, 11) is 0. The second-order valence-electron chi connectivity index (χ2n) is 6.03. The van der Waals surface area contributed by atoms with Crippen LogP contribution >= 0.6 is 0 Å². The monoisotopic (exact) mass is 330 g/mol. The van der Waals surface area contributed by atoms with Crippen molar-refractivity contribution < 1.29 is 9.53 Å². The summed E-state index contributed by atoms with van der Waals surface area (Å²) in [5, 5.41) is 9.10. The molecule has 0 radical (unpaired) electrons. The summed E-state index contributed by atoms with van der Waals surface area (Å²) in [5.41, 5.74) is 1.79. The molecule has 0 saturated heterocycles. The molecule has 0 unspecified atom stereocenters. The second kappa shape index (κ2) is 12.4. The van der Waals surface area contributed by atoms with E-state index in [2.05, 4.69) is 6.92 Å². The quantitative estimate of drug-likeness (QED) is 0.292. The number of ether oxygens (including phenoxy) is 1. The van der Waals surface area contributed by atoms with Gasteiger partial charge in [-0.25, -0.2) is 4.79 Å². The molecule has 0 saturated carbocycles. The number of anilines is 1. The smallest absolute Gasteiger partial charge is 0.427 e. The Hall–Kier alpha value is -2.02. The van der Waals surface area contributed by atoms with Crippen molar-refractivity contribution in [3.63, 3.8) is 0 Å². The highest BCUT2D eigenvalue weighted by Gasteiger charge is 2.15. The Balaban J connectivity index is 2.32. The normalized spacial score (nSPS) is 10.2. The van der Waals surface area contributed by atoms with E-state index < -0.39 is 6.09 Å². The molecule has 0 spiro atoms. The molecule has 0 N–H and O–H groups in total. The summed E-state index contributed by atoms with van der Waals surface area (Å²) in [4.78, 5) is 12.7. The van der Waals surface area contributed by atoms with Gasteiger partial charge in [-0.1, -0.05) is 64.0 Å². The highest BCUT2D eigenvalue weighted by Crippen LogP contribution is 2.17. The van der Waals surface area contributed by atoms with E-state index in [9.17, 15) is 4.79 Å². The topological polar surface area (TPSA) is 53.3 Å². The van der Waals surface area contributed by atoms with Crippen LogP contribution in [0.4, 0.5) is 10.5 Å². The molecular weight excluding hydrogens is 300 g/mol. The molecule has 132 valence electrons. The van der Waals surface area contributed by atoms with Crippen molar-refractivity contribution in [2.75, 3.05) is 11.5 Å². The van der Waals surface area contributed by atoms with E-state index in [1.165, 1.54) is 56.9 Å². The van der Waals surface area contributed by atoms with Crippen LogP contribution < -0.4 is 4.90 Å². The van der Waals surface area contributed by atoms with Crippen LogP contribution in [0.15, 0.2) is 24.3 Å². The lowest BCUT2D eigenvalue weighted by Gasteiger charge is -2.13. The minimum Gasteiger partial charge on any atom is -0.449 e. The van der Waals surface area contributed by atoms with Crippen molar-refractivity contribution in [2.45, 2.75) is 71.6 Å². The summed E-state index contributed by atoms with van der Waals surface area (Å²) in [6.07, 6.45) is 12.8. The molecule has 24 heavy (non-hydrogen) atoms. The summed E-state index contributed by atoms with van der Waals surface area (Å²) in [6, 6.07) is 7.58. The molecule has 0 aliphatic heterocycles. The Labute approximate surface area is 146 Å². The summed E-state index contributed by atoms with van der Waals surface area (Å²) < 4.78 is 4.87. The third-order valence-electron chi connectivity index (χ3n) is 4.06. The molecule has 1 amide bonds. The van der Waals surface area contributed by atoms with Gasteiger partial charge in [0.25, 0.3) is 0 Å². The minimum absolute atomic E-state index is 0.257. The number of amides is 1. The van der Waals surface area contributed by atoms with E-state index in [4.69, 9.17) is 10.00 Å². The average molecular weight is 330 g/mol. The maximum Gasteiger partial charge on any atom is 0.427 e. The number of nitriles is 1. The van der Waals surface area contributed by atoms with Gasteiger partial charge in [-0.3, -0.25) is 0 Å². The SMILES string of the molecule is CCCCCCCCCCc1ccc(N(C#N)C(=O)OCC)cc1. The van der Waals surface area contributed by atoms with E-state index in [0.29, 0.717) is 5.69 Å². The molecule has 1 aromatic carbocycles. The Morgan fingerprint density at radius 2 is 1.58 bits per heavy atom.